The molecule has 0 aromatic heterocycles. The maximum absolute atomic E-state index is 12.4. The number of ether oxygens (including phenoxy) is 1. The van der Waals surface area contributed by atoms with Gasteiger partial charge in [0.05, 0.1) is 5.56 Å². The first-order valence-corrected chi connectivity index (χ1v) is 8.24. The number of benzene rings is 1. The minimum Gasteiger partial charge on any atom is -0.507 e. The van der Waals surface area contributed by atoms with Crippen LogP contribution in [0.2, 0.25) is 0 Å². The van der Waals surface area contributed by atoms with Crippen LogP contribution in [0.1, 0.15) is 42.5 Å². The predicted octanol–water partition coefficient (Wildman–Crippen LogP) is 2.15. The summed E-state index contributed by atoms with van der Waals surface area (Å²) in [6.45, 7) is 3.49. The number of nitrogens with zero attached hydrogens (tertiary/aromatic N) is 1. The summed E-state index contributed by atoms with van der Waals surface area (Å²) < 4.78 is 5.89. The third kappa shape index (κ3) is 3.53. The van der Waals surface area contributed by atoms with Crippen molar-refractivity contribution in [1.29, 1.82) is 0 Å². The Hall–Kier alpha value is -1.75. The lowest BCUT2D eigenvalue weighted by atomic mass is 10.1. The summed E-state index contributed by atoms with van der Waals surface area (Å²) in [4.78, 5) is 14.3. The predicted molar refractivity (Wildman–Crippen MR) is 84.4 cm³/mol. The highest BCUT2D eigenvalue weighted by atomic mass is 16.5. The van der Waals surface area contributed by atoms with Gasteiger partial charge in [-0.15, -0.1) is 0 Å². The van der Waals surface area contributed by atoms with E-state index in [0.29, 0.717) is 11.3 Å². The maximum Gasteiger partial charge on any atom is 0.257 e. The van der Waals surface area contributed by atoms with Crippen molar-refractivity contribution in [2.75, 3.05) is 26.2 Å². The Morgan fingerprint density at radius 1 is 1.18 bits per heavy atom. The molecule has 120 valence electrons. The van der Waals surface area contributed by atoms with Gasteiger partial charge in [-0.2, -0.15) is 0 Å². The zero-order valence-electron chi connectivity index (χ0n) is 12.9. The summed E-state index contributed by atoms with van der Waals surface area (Å²) in [5, 5.41) is 13.5. The van der Waals surface area contributed by atoms with Crippen LogP contribution in [0.15, 0.2) is 18.2 Å². The minimum atomic E-state index is -0.0781. The summed E-state index contributed by atoms with van der Waals surface area (Å²) in [5.74, 6) is 0.576. The molecule has 0 atom stereocenters. The van der Waals surface area contributed by atoms with E-state index >= 15 is 0 Å². The highest BCUT2D eigenvalue weighted by Crippen LogP contribution is 2.27. The molecular formula is C17H24N2O3. The average Bonchev–Trinajstić information content (AvgIpc) is 2.56. The number of phenolic OH excluding ortho intramolecular Hbond substituents is 1. The molecule has 3 rings (SSSR count). The van der Waals surface area contributed by atoms with Gasteiger partial charge in [0.25, 0.3) is 5.91 Å². The first-order valence-electron chi connectivity index (χ1n) is 8.24. The average molecular weight is 304 g/mol. The zero-order valence-corrected chi connectivity index (χ0v) is 12.9. The quantitative estimate of drug-likeness (QED) is 0.898. The van der Waals surface area contributed by atoms with Crippen LogP contribution < -0.4 is 10.1 Å². The highest BCUT2D eigenvalue weighted by Gasteiger charge is 2.22. The van der Waals surface area contributed by atoms with Crippen molar-refractivity contribution in [3.05, 3.63) is 23.8 Å². The van der Waals surface area contributed by atoms with Crippen LogP contribution in [0.4, 0.5) is 0 Å². The summed E-state index contributed by atoms with van der Waals surface area (Å²) in [6, 6.07) is 5.04. The van der Waals surface area contributed by atoms with Crippen LogP contribution in [0.25, 0.3) is 0 Å². The van der Waals surface area contributed by atoms with E-state index in [1.807, 2.05) is 4.90 Å². The Morgan fingerprint density at radius 3 is 2.59 bits per heavy atom. The van der Waals surface area contributed by atoms with Crippen LogP contribution >= 0.6 is 0 Å². The second-order valence-electron chi connectivity index (χ2n) is 6.10. The molecule has 2 aliphatic heterocycles. The number of phenols is 1. The van der Waals surface area contributed by atoms with Crippen molar-refractivity contribution >= 4 is 5.91 Å². The Labute approximate surface area is 131 Å². The van der Waals surface area contributed by atoms with E-state index in [1.165, 1.54) is 6.42 Å². The summed E-state index contributed by atoms with van der Waals surface area (Å²) in [5.41, 5.74) is 0.375. The van der Waals surface area contributed by atoms with Gasteiger partial charge in [-0.3, -0.25) is 4.79 Å². The van der Waals surface area contributed by atoms with E-state index in [9.17, 15) is 9.90 Å². The fraction of sp³-hybridized carbons (Fsp3) is 0.588. The molecule has 2 saturated heterocycles. The van der Waals surface area contributed by atoms with Crippen molar-refractivity contribution < 1.29 is 14.6 Å². The Morgan fingerprint density at radius 2 is 1.91 bits per heavy atom. The largest absolute Gasteiger partial charge is 0.507 e. The molecule has 2 fully saturated rings. The number of amides is 1. The number of aromatic hydroxyl groups is 1. The molecular weight excluding hydrogens is 280 g/mol. The molecule has 1 aromatic rings. The number of nitrogens with one attached hydrogen (secondary N) is 1. The van der Waals surface area contributed by atoms with Gasteiger partial charge in [-0.25, -0.2) is 0 Å². The molecule has 2 N–H and O–H groups in total. The Balaban J connectivity index is 1.67. The Bertz CT molecular complexity index is 521. The molecule has 5 nitrogen and oxygen atoms in total. The number of piperidine rings is 2. The monoisotopic (exact) mass is 304 g/mol. The lowest BCUT2D eigenvalue weighted by Crippen LogP contribution is -2.35. The van der Waals surface area contributed by atoms with Crippen LogP contribution in [-0.2, 0) is 0 Å². The van der Waals surface area contributed by atoms with E-state index in [-0.39, 0.29) is 17.8 Å². The standard InChI is InChI=1S/C17H24N2O3/c20-16-12-14(22-13-6-8-18-9-7-13)4-5-15(16)17(21)19-10-2-1-3-11-19/h4-5,12-13,18,20H,1-3,6-11H2. The van der Waals surface area contributed by atoms with Gasteiger partial charge in [-0.05, 0) is 57.3 Å². The van der Waals surface area contributed by atoms with Crippen molar-refractivity contribution in [2.45, 2.75) is 38.2 Å². The van der Waals surface area contributed by atoms with Crippen molar-refractivity contribution in [3.63, 3.8) is 0 Å². The molecule has 0 bridgehead atoms. The molecule has 5 heteroatoms. The second-order valence-corrected chi connectivity index (χ2v) is 6.10. The zero-order chi connectivity index (χ0) is 15.4. The number of hydrogen-bond donors (Lipinski definition) is 2. The SMILES string of the molecule is O=C(c1ccc(OC2CCNCC2)cc1O)N1CCCCC1. The second kappa shape index (κ2) is 7.01. The molecule has 22 heavy (non-hydrogen) atoms. The van der Waals surface area contributed by atoms with Crippen molar-refractivity contribution in [3.8, 4) is 11.5 Å². The highest BCUT2D eigenvalue weighted by molar-refractivity contribution is 5.97. The molecule has 0 unspecified atom stereocenters. The van der Waals surface area contributed by atoms with Crippen LogP contribution in [0, 0.1) is 0 Å². The number of carbonyl (C=O) groups excluding carboxylic acids is 1. The number of likely N-dealkylation sites (tertiary alicyclic amines) is 1. The summed E-state index contributed by atoms with van der Waals surface area (Å²) >= 11 is 0. The molecule has 0 aliphatic carbocycles. The van der Waals surface area contributed by atoms with Gasteiger partial charge in [0.2, 0.25) is 0 Å². The molecule has 0 saturated carbocycles. The fourth-order valence-corrected chi connectivity index (χ4v) is 3.14. The normalized spacial score (nSPS) is 19.9. The number of carbonyl (C=O) groups is 1. The molecule has 2 heterocycles. The fourth-order valence-electron chi connectivity index (χ4n) is 3.14. The van der Waals surface area contributed by atoms with E-state index in [4.69, 9.17) is 4.74 Å². The first kappa shape index (κ1) is 15.2. The Kier molecular flexibility index (Phi) is 4.83. The minimum absolute atomic E-state index is 0.0157. The lowest BCUT2D eigenvalue weighted by molar-refractivity contribution is 0.0721. The maximum atomic E-state index is 12.4. The smallest absolute Gasteiger partial charge is 0.257 e. The van der Waals surface area contributed by atoms with E-state index in [2.05, 4.69) is 5.32 Å². The van der Waals surface area contributed by atoms with Gasteiger partial charge >= 0.3 is 0 Å². The van der Waals surface area contributed by atoms with E-state index in [0.717, 1.165) is 51.9 Å². The third-order valence-electron chi connectivity index (χ3n) is 4.43. The van der Waals surface area contributed by atoms with E-state index in [1.54, 1.807) is 18.2 Å². The molecule has 1 amide bonds. The first-order chi connectivity index (χ1) is 10.7. The lowest BCUT2D eigenvalue weighted by Gasteiger charge is -2.27. The van der Waals surface area contributed by atoms with Crippen LogP contribution in [0.5, 0.6) is 11.5 Å². The van der Waals surface area contributed by atoms with Gasteiger partial charge < -0.3 is 20.1 Å². The van der Waals surface area contributed by atoms with Gasteiger partial charge in [-0.1, -0.05) is 0 Å². The molecule has 1 aromatic carbocycles. The van der Waals surface area contributed by atoms with Gasteiger partial charge in [0, 0.05) is 19.2 Å². The summed E-state index contributed by atoms with van der Waals surface area (Å²) in [7, 11) is 0. The molecule has 2 aliphatic rings. The third-order valence-corrected chi connectivity index (χ3v) is 4.43. The van der Waals surface area contributed by atoms with Crippen LogP contribution in [-0.4, -0.2) is 48.2 Å². The molecule has 0 radical (unpaired) electrons. The van der Waals surface area contributed by atoms with Crippen LogP contribution in [0.3, 0.4) is 0 Å². The topological polar surface area (TPSA) is 61.8 Å². The van der Waals surface area contributed by atoms with Crippen molar-refractivity contribution in [1.82, 2.24) is 10.2 Å². The van der Waals surface area contributed by atoms with E-state index < -0.39 is 0 Å². The number of hydrogen-bond acceptors (Lipinski definition) is 4. The van der Waals surface area contributed by atoms with Gasteiger partial charge in [0.1, 0.15) is 17.6 Å². The molecule has 0 spiro atoms. The van der Waals surface area contributed by atoms with Crippen molar-refractivity contribution in [2.24, 2.45) is 0 Å². The number of rotatable bonds is 3. The van der Waals surface area contributed by atoms with Gasteiger partial charge in [0.15, 0.2) is 0 Å². The summed E-state index contributed by atoms with van der Waals surface area (Å²) in [6.07, 6.45) is 5.39.